The minimum absolute atomic E-state index is 0.918. The molecule has 1 radical (unpaired) electrons. The Labute approximate surface area is 85.1 Å². The normalized spacial score (nSPS) is 13.6. The van der Waals surface area contributed by atoms with E-state index in [1.807, 2.05) is 5.92 Å². The maximum absolute atomic E-state index is 2.34. The topological polar surface area (TPSA) is 0 Å². The highest BCUT2D eigenvalue weighted by Crippen LogP contribution is 2.30. The molecule has 0 aromatic rings. The molecule has 0 saturated heterocycles. The van der Waals surface area contributed by atoms with Gasteiger partial charge in [0, 0.05) is 0 Å². The van der Waals surface area contributed by atoms with E-state index in [-0.39, 0.29) is 0 Å². The average Bonchev–Trinajstić information content (AvgIpc) is 2.17. The second-order valence-corrected chi connectivity index (χ2v) is 4.01. The first kappa shape index (κ1) is 13.0. The SMILES string of the molecule is CCCC[C](CC)C(CC)CCC. The summed E-state index contributed by atoms with van der Waals surface area (Å²) in [4.78, 5) is 0. The number of unbranched alkanes of at least 4 members (excludes halogenated alkanes) is 1. The van der Waals surface area contributed by atoms with Crippen molar-refractivity contribution in [1.29, 1.82) is 0 Å². The Morgan fingerprint density at radius 1 is 1.00 bits per heavy atom. The van der Waals surface area contributed by atoms with Crippen LogP contribution < -0.4 is 0 Å². The summed E-state index contributed by atoms with van der Waals surface area (Å²) in [7, 11) is 0. The molecule has 0 heteroatoms. The second-order valence-electron chi connectivity index (χ2n) is 4.01. The first-order chi connectivity index (χ1) is 6.29. The van der Waals surface area contributed by atoms with Crippen molar-refractivity contribution in [3.8, 4) is 0 Å². The van der Waals surface area contributed by atoms with Gasteiger partial charge in [0.2, 0.25) is 0 Å². The molecule has 0 nitrogen and oxygen atoms in total. The summed E-state index contributed by atoms with van der Waals surface area (Å²) in [5, 5.41) is 0. The van der Waals surface area contributed by atoms with Crippen LogP contribution in [0.25, 0.3) is 0 Å². The fraction of sp³-hybridized carbons (Fsp3) is 0.923. The number of hydrogen-bond acceptors (Lipinski definition) is 0. The van der Waals surface area contributed by atoms with Gasteiger partial charge in [-0.3, -0.25) is 0 Å². The van der Waals surface area contributed by atoms with Gasteiger partial charge in [0.15, 0.2) is 0 Å². The minimum Gasteiger partial charge on any atom is -0.0654 e. The van der Waals surface area contributed by atoms with Gasteiger partial charge in [-0.2, -0.15) is 0 Å². The Morgan fingerprint density at radius 3 is 2.08 bits per heavy atom. The fourth-order valence-electron chi connectivity index (χ4n) is 2.12. The highest BCUT2D eigenvalue weighted by Gasteiger charge is 2.16. The molecule has 1 unspecified atom stereocenters. The van der Waals surface area contributed by atoms with Gasteiger partial charge >= 0.3 is 0 Å². The van der Waals surface area contributed by atoms with Gasteiger partial charge in [-0.15, -0.1) is 0 Å². The lowest BCUT2D eigenvalue weighted by molar-refractivity contribution is 0.430. The molecule has 0 amide bonds. The molecule has 0 fully saturated rings. The van der Waals surface area contributed by atoms with Gasteiger partial charge in [-0.05, 0) is 24.7 Å². The maximum Gasteiger partial charge on any atom is -0.0213 e. The van der Waals surface area contributed by atoms with Crippen LogP contribution in [0.4, 0.5) is 0 Å². The van der Waals surface area contributed by atoms with Crippen molar-refractivity contribution in [3.05, 3.63) is 5.92 Å². The van der Waals surface area contributed by atoms with E-state index in [0.29, 0.717) is 0 Å². The molecule has 0 spiro atoms. The molecule has 0 heterocycles. The lowest BCUT2D eigenvalue weighted by Gasteiger charge is -2.24. The lowest BCUT2D eigenvalue weighted by atomic mass is 9.81. The molecule has 0 aromatic heterocycles. The van der Waals surface area contributed by atoms with Crippen molar-refractivity contribution in [1.82, 2.24) is 0 Å². The molecule has 0 aliphatic heterocycles. The van der Waals surface area contributed by atoms with Crippen molar-refractivity contribution in [2.75, 3.05) is 0 Å². The van der Waals surface area contributed by atoms with E-state index in [1.54, 1.807) is 0 Å². The molecule has 13 heavy (non-hydrogen) atoms. The van der Waals surface area contributed by atoms with Gasteiger partial charge in [0.1, 0.15) is 0 Å². The zero-order valence-corrected chi connectivity index (χ0v) is 10.0. The number of hydrogen-bond donors (Lipinski definition) is 0. The molecule has 0 rings (SSSR count). The van der Waals surface area contributed by atoms with Gasteiger partial charge < -0.3 is 0 Å². The van der Waals surface area contributed by atoms with E-state index in [1.165, 1.54) is 44.9 Å². The molecule has 79 valence electrons. The number of rotatable bonds is 8. The van der Waals surface area contributed by atoms with E-state index in [9.17, 15) is 0 Å². The first-order valence-electron chi connectivity index (χ1n) is 6.14. The third-order valence-corrected chi connectivity index (χ3v) is 3.01. The summed E-state index contributed by atoms with van der Waals surface area (Å²) < 4.78 is 0. The molecule has 0 bridgehead atoms. The third-order valence-electron chi connectivity index (χ3n) is 3.01. The predicted molar refractivity (Wildman–Crippen MR) is 61.7 cm³/mol. The molecule has 0 aromatic carbocycles. The third kappa shape index (κ3) is 5.33. The highest BCUT2D eigenvalue weighted by molar-refractivity contribution is 4.94. The maximum atomic E-state index is 2.34. The van der Waals surface area contributed by atoms with Crippen LogP contribution in [0.5, 0.6) is 0 Å². The Hall–Kier alpha value is 0. The average molecular weight is 183 g/mol. The summed E-state index contributed by atoms with van der Waals surface area (Å²) in [6.45, 7) is 9.25. The molecule has 1 atom stereocenters. The Morgan fingerprint density at radius 2 is 1.69 bits per heavy atom. The highest BCUT2D eigenvalue weighted by atomic mass is 14.2. The standard InChI is InChI=1S/C13H27/c1-5-9-11-13(8-4)12(7-3)10-6-2/h12H,5-11H2,1-4H3. The van der Waals surface area contributed by atoms with Crippen LogP contribution in [0, 0.1) is 11.8 Å². The first-order valence-corrected chi connectivity index (χ1v) is 6.14. The summed E-state index contributed by atoms with van der Waals surface area (Å²) in [6, 6.07) is 0. The van der Waals surface area contributed by atoms with Crippen LogP contribution >= 0.6 is 0 Å². The van der Waals surface area contributed by atoms with Crippen LogP contribution in [-0.4, -0.2) is 0 Å². The van der Waals surface area contributed by atoms with Crippen LogP contribution in [0.3, 0.4) is 0 Å². The van der Waals surface area contributed by atoms with E-state index >= 15 is 0 Å². The Bertz CT molecular complexity index is 96.2. The van der Waals surface area contributed by atoms with Crippen molar-refractivity contribution in [2.45, 2.75) is 72.6 Å². The largest absolute Gasteiger partial charge is 0.0654 e. The van der Waals surface area contributed by atoms with Gasteiger partial charge in [-0.1, -0.05) is 59.8 Å². The summed E-state index contributed by atoms with van der Waals surface area (Å²) in [5.41, 5.74) is 0. The van der Waals surface area contributed by atoms with E-state index in [4.69, 9.17) is 0 Å². The second kappa shape index (κ2) is 8.59. The minimum atomic E-state index is 0.918. The van der Waals surface area contributed by atoms with Crippen LogP contribution in [0.1, 0.15) is 72.6 Å². The van der Waals surface area contributed by atoms with Crippen molar-refractivity contribution in [3.63, 3.8) is 0 Å². The van der Waals surface area contributed by atoms with Crippen molar-refractivity contribution in [2.24, 2.45) is 5.92 Å². The van der Waals surface area contributed by atoms with E-state index < -0.39 is 0 Å². The molecular weight excluding hydrogens is 156 g/mol. The monoisotopic (exact) mass is 183 g/mol. The Kier molecular flexibility index (Phi) is 8.59. The summed E-state index contributed by atoms with van der Waals surface area (Å²) in [5.74, 6) is 2.74. The molecule has 0 saturated carbocycles. The fourth-order valence-corrected chi connectivity index (χ4v) is 2.12. The zero-order chi connectivity index (χ0) is 10.1. The smallest absolute Gasteiger partial charge is 0.0213 e. The zero-order valence-electron chi connectivity index (χ0n) is 10.0. The molecule has 0 N–H and O–H groups in total. The van der Waals surface area contributed by atoms with Gasteiger partial charge in [0.25, 0.3) is 0 Å². The van der Waals surface area contributed by atoms with E-state index in [0.717, 1.165) is 5.92 Å². The predicted octanol–water partition coefficient (Wildman–Crippen LogP) is 4.99. The summed E-state index contributed by atoms with van der Waals surface area (Å²) in [6.07, 6.45) is 9.51. The van der Waals surface area contributed by atoms with Gasteiger partial charge in [0.05, 0.1) is 0 Å². The summed E-state index contributed by atoms with van der Waals surface area (Å²) >= 11 is 0. The molecular formula is C13H27. The lowest BCUT2D eigenvalue weighted by Crippen LogP contribution is -2.11. The van der Waals surface area contributed by atoms with Crippen molar-refractivity contribution < 1.29 is 0 Å². The van der Waals surface area contributed by atoms with E-state index in [2.05, 4.69) is 27.7 Å². The van der Waals surface area contributed by atoms with Crippen molar-refractivity contribution >= 4 is 0 Å². The van der Waals surface area contributed by atoms with Crippen LogP contribution in [0.2, 0.25) is 0 Å². The van der Waals surface area contributed by atoms with Gasteiger partial charge in [-0.25, -0.2) is 0 Å². The van der Waals surface area contributed by atoms with Crippen LogP contribution in [-0.2, 0) is 0 Å². The Balaban J connectivity index is 3.84. The van der Waals surface area contributed by atoms with Crippen LogP contribution in [0.15, 0.2) is 0 Å². The molecule has 0 aliphatic carbocycles. The quantitative estimate of drug-likeness (QED) is 0.497. The molecule has 0 aliphatic rings.